The van der Waals surface area contributed by atoms with Gasteiger partial charge in [-0.1, -0.05) is 13.3 Å². The molecule has 0 aliphatic carbocycles. The molecule has 0 aliphatic rings. The van der Waals surface area contributed by atoms with Crippen LogP contribution in [-0.4, -0.2) is 16.0 Å². The Morgan fingerprint density at radius 1 is 1.39 bits per heavy atom. The van der Waals surface area contributed by atoms with Crippen LogP contribution in [0.4, 0.5) is 24.9 Å². The minimum atomic E-state index is -4.53. The van der Waals surface area contributed by atoms with Crippen LogP contribution in [0.25, 0.3) is 0 Å². The summed E-state index contributed by atoms with van der Waals surface area (Å²) in [6.07, 6.45) is -2.77. The SMILES string of the molecule is CCCC(C)Nc1cc(C(F)(F)F)nc(NN)n1. The van der Waals surface area contributed by atoms with Gasteiger partial charge in [-0.15, -0.1) is 0 Å². The van der Waals surface area contributed by atoms with Crippen molar-refractivity contribution in [1.82, 2.24) is 9.97 Å². The van der Waals surface area contributed by atoms with Gasteiger partial charge in [0.15, 0.2) is 5.69 Å². The van der Waals surface area contributed by atoms with Gasteiger partial charge in [-0.05, 0) is 13.3 Å². The smallest absolute Gasteiger partial charge is 0.367 e. The van der Waals surface area contributed by atoms with E-state index in [1.165, 1.54) is 0 Å². The Labute approximate surface area is 103 Å². The molecule has 0 spiro atoms. The van der Waals surface area contributed by atoms with Crippen molar-refractivity contribution >= 4 is 11.8 Å². The maximum absolute atomic E-state index is 12.6. The summed E-state index contributed by atoms with van der Waals surface area (Å²) in [6, 6.07) is 0.893. The number of nitrogens with two attached hydrogens (primary N) is 1. The summed E-state index contributed by atoms with van der Waals surface area (Å²) in [5, 5.41) is 2.88. The molecular formula is C10H16F3N5. The van der Waals surface area contributed by atoms with Crippen molar-refractivity contribution in [2.75, 3.05) is 10.7 Å². The molecule has 0 saturated carbocycles. The Balaban J connectivity index is 2.97. The van der Waals surface area contributed by atoms with Crippen molar-refractivity contribution in [1.29, 1.82) is 0 Å². The van der Waals surface area contributed by atoms with E-state index in [9.17, 15) is 13.2 Å². The lowest BCUT2D eigenvalue weighted by molar-refractivity contribution is -0.141. The molecule has 0 saturated heterocycles. The van der Waals surface area contributed by atoms with E-state index in [1.807, 2.05) is 19.3 Å². The first kappa shape index (κ1) is 14.5. The number of alkyl halides is 3. The number of hydrazine groups is 1. The molecule has 1 aromatic heterocycles. The second kappa shape index (κ2) is 5.85. The van der Waals surface area contributed by atoms with Gasteiger partial charge in [0.25, 0.3) is 0 Å². The average Bonchev–Trinajstić information content (AvgIpc) is 2.27. The highest BCUT2D eigenvalue weighted by Crippen LogP contribution is 2.29. The van der Waals surface area contributed by atoms with E-state index in [0.717, 1.165) is 18.9 Å². The van der Waals surface area contributed by atoms with E-state index in [2.05, 4.69) is 15.3 Å². The van der Waals surface area contributed by atoms with Crippen molar-refractivity contribution in [3.05, 3.63) is 11.8 Å². The van der Waals surface area contributed by atoms with Gasteiger partial charge in [0, 0.05) is 12.1 Å². The normalized spacial score (nSPS) is 13.2. The van der Waals surface area contributed by atoms with Crippen molar-refractivity contribution in [3.63, 3.8) is 0 Å². The summed E-state index contributed by atoms with van der Waals surface area (Å²) < 4.78 is 37.7. The van der Waals surface area contributed by atoms with Gasteiger partial charge < -0.3 is 5.32 Å². The summed E-state index contributed by atoms with van der Waals surface area (Å²) in [6.45, 7) is 3.86. The van der Waals surface area contributed by atoms with Crippen LogP contribution in [0.15, 0.2) is 6.07 Å². The molecule has 102 valence electrons. The lowest BCUT2D eigenvalue weighted by Crippen LogP contribution is -2.20. The summed E-state index contributed by atoms with van der Waals surface area (Å²) in [4.78, 5) is 7.09. The minimum absolute atomic E-state index is 0.0246. The molecule has 18 heavy (non-hydrogen) atoms. The quantitative estimate of drug-likeness (QED) is 0.561. The van der Waals surface area contributed by atoms with Crippen molar-refractivity contribution in [2.24, 2.45) is 5.84 Å². The van der Waals surface area contributed by atoms with E-state index in [0.29, 0.717) is 0 Å². The van der Waals surface area contributed by atoms with Crippen LogP contribution in [0.3, 0.4) is 0 Å². The highest BCUT2D eigenvalue weighted by Gasteiger charge is 2.33. The number of nitrogens with zero attached hydrogens (tertiary/aromatic N) is 2. The van der Waals surface area contributed by atoms with Gasteiger partial charge in [-0.3, -0.25) is 5.43 Å². The molecule has 8 heteroatoms. The predicted molar refractivity (Wildman–Crippen MR) is 62.8 cm³/mol. The van der Waals surface area contributed by atoms with Crippen LogP contribution in [0.2, 0.25) is 0 Å². The van der Waals surface area contributed by atoms with E-state index in [4.69, 9.17) is 5.84 Å². The lowest BCUT2D eigenvalue weighted by Gasteiger charge is -2.15. The Bertz CT molecular complexity index is 394. The number of nitrogen functional groups attached to an aromatic ring is 1. The van der Waals surface area contributed by atoms with Gasteiger partial charge in [-0.25, -0.2) is 10.8 Å². The van der Waals surface area contributed by atoms with Gasteiger partial charge in [-0.2, -0.15) is 18.2 Å². The zero-order chi connectivity index (χ0) is 13.8. The van der Waals surface area contributed by atoms with E-state index >= 15 is 0 Å². The molecule has 1 aromatic rings. The summed E-state index contributed by atoms with van der Waals surface area (Å²) in [7, 11) is 0. The number of rotatable bonds is 5. The summed E-state index contributed by atoms with van der Waals surface area (Å²) in [5.74, 6) is 4.89. The van der Waals surface area contributed by atoms with Gasteiger partial charge in [0.05, 0.1) is 0 Å². The summed E-state index contributed by atoms with van der Waals surface area (Å²) >= 11 is 0. The third-order valence-electron chi connectivity index (χ3n) is 2.26. The largest absolute Gasteiger partial charge is 0.433 e. The second-order valence-electron chi connectivity index (χ2n) is 3.94. The summed E-state index contributed by atoms with van der Waals surface area (Å²) in [5.41, 5.74) is 0.992. The molecule has 4 N–H and O–H groups in total. The molecule has 5 nitrogen and oxygen atoms in total. The molecule has 1 rings (SSSR count). The minimum Gasteiger partial charge on any atom is -0.367 e. The number of halogens is 3. The first-order valence-corrected chi connectivity index (χ1v) is 5.56. The molecule has 0 fully saturated rings. The van der Waals surface area contributed by atoms with Crippen LogP contribution >= 0.6 is 0 Å². The van der Waals surface area contributed by atoms with Crippen molar-refractivity contribution in [3.8, 4) is 0 Å². The Kier molecular flexibility index (Phi) is 4.71. The van der Waals surface area contributed by atoms with Crippen LogP contribution in [0, 0.1) is 0 Å². The molecule has 0 radical (unpaired) electrons. The highest BCUT2D eigenvalue weighted by molar-refractivity contribution is 5.43. The molecule has 0 aliphatic heterocycles. The van der Waals surface area contributed by atoms with Crippen LogP contribution < -0.4 is 16.6 Å². The number of aromatic nitrogens is 2. The highest BCUT2D eigenvalue weighted by atomic mass is 19.4. The number of anilines is 2. The Morgan fingerprint density at radius 3 is 2.56 bits per heavy atom. The molecule has 0 aromatic carbocycles. The van der Waals surface area contributed by atoms with Gasteiger partial charge >= 0.3 is 6.18 Å². The number of hydrogen-bond acceptors (Lipinski definition) is 5. The average molecular weight is 263 g/mol. The topological polar surface area (TPSA) is 75.9 Å². The molecule has 1 heterocycles. The first-order valence-electron chi connectivity index (χ1n) is 5.56. The third kappa shape index (κ3) is 4.02. The third-order valence-corrected chi connectivity index (χ3v) is 2.26. The molecule has 0 amide bonds. The zero-order valence-electron chi connectivity index (χ0n) is 10.2. The monoisotopic (exact) mass is 263 g/mol. The fraction of sp³-hybridized carbons (Fsp3) is 0.600. The Morgan fingerprint density at radius 2 is 2.06 bits per heavy atom. The standard InChI is InChI=1S/C10H16F3N5/c1-3-4-6(2)15-8-5-7(10(11,12)13)16-9(17-8)18-14/h5-6H,3-4,14H2,1-2H3,(H2,15,16,17,18). The fourth-order valence-electron chi connectivity index (χ4n) is 1.49. The predicted octanol–water partition coefficient (Wildman–Crippen LogP) is 2.38. The van der Waals surface area contributed by atoms with Crippen LogP contribution in [-0.2, 0) is 6.18 Å². The van der Waals surface area contributed by atoms with Crippen molar-refractivity contribution < 1.29 is 13.2 Å². The maximum atomic E-state index is 12.6. The Hall–Kier alpha value is -1.57. The van der Waals surface area contributed by atoms with Gasteiger partial charge in [0.2, 0.25) is 5.95 Å². The molecule has 0 bridgehead atoms. The van der Waals surface area contributed by atoms with E-state index in [1.54, 1.807) is 0 Å². The van der Waals surface area contributed by atoms with Crippen LogP contribution in [0.5, 0.6) is 0 Å². The van der Waals surface area contributed by atoms with Crippen LogP contribution in [0.1, 0.15) is 32.4 Å². The second-order valence-corrected chi connectivity index (χ2v) is 3.94. The molecular weight excluding hydrogens is 247 g/mol. The fourth-order valence-corrected chi connectivity index (χ4v) is 1.49. The number of nitrogens with one attached hydrogen (secondary N) is 2. The first-order chi connectivity index (χ1) is 8.36. The zero-order valence-corrected chi connectivity index (χ0v) is 10.2. The van der Waals surface area contributed by atoms with E-state index < -0.39 is 11.9 Å². The maximum Gasteiger partial charge on any atom is 0.433 e. The molecule has 1 unspecified atom stereocenters. The van der Waals surface area contributed by atoms with Gasteiger partial charge in [0.1, 0.15) is 5.82 Å². The van der Waals surface area contributed by atoms with Crippen molar-refractivity contribution in [2.45, 2.75) is 38.9 Å². The number of hydrogen-bond donors (Lipinski definition) is 3. The molecule has 1 atom stereocenters. The van der Waals surface area contributed by atoms with E-state index in [-0.39, 0.29) is 17.8 Å². The lowest BCUT2D eigenvalue weighted by atomic mass is 10.2.